The van der Waals surface area contributed by atoms with Gasteiger partial charge in [0.1, 0.15) is 16.6 Å². The molecule has 0 aliphatic carbocycles. The number of aryl methyl sites for hydroxylation is 1. The maximum absolute atomic E-state index is 5.65. The lowest BCUT2D eigenvalue weighted by Gasteiger charge is -2.10. The molecule has 18 heavy (non-hydrogen) atoms. The zero-order chi connectivity index (χ0) is 13.1. The number of anilines is 2. The fourth-order valence-corrected chi connectivity index (χ4v) is 1.83. The van der Waals surface area contributed by atoms with Crippen LogP contribution in [0.15, 0.2) is 34.9 Å². The van der Waals surface area contributed by atoms with E-state index >= 15 is 0 Å². The summed E-state index contributed by atoms with van der Waals surface area (Å²) in [7, 11) is 0. The highest BCUT2D eigenvalue weighted by Crippen LogP contribution is 2.20. The van der Waals surface area contributed by atoms with Gasteiger partial charge >= 0.3 is 0 Å². The summed E-state index contributed by atoms with van der Waals surface area (Å²) in [5, 5.41) is 3.18. The van der Waals surface area contributed by atoms with Gasteiger partial charge < -0.3 is 11.1 Å². The molecule has 1 aromatic heterocycles. The van der Waals surface area contributed by atoms with E-state index in [1.807, 2.05) is 31.2 Å². The summed E-state index contributed by atoms with van der Waals surface area (Å²) in [4.78, 5) is 8.67. The molecular formula is C12H11BrN4S. The van der Waals surface area contributed by atoms with Gasteiger partial charge in [0.15, 0.2) is 0 Å². The van der Waals surface area contributed by atoms with E-state index in [4.69, 9.17) is 18.0 Å². The second-order valence-electron chi connectivity index (χ2n) is 3.68. The summed E-state index contributed by atoms with van der Waals surface area (Å²) in [5.74, 6) is 1.28. The van der Waals surface area contributed by atoms with Crippen LogP contribution < -0.4 is 11.1 Å². The maximum atomic E-state index is 5.65. The molecule has 0 saturated carbocycles. The molecule has 4 nitrogen and oxygen atoms in total. The number of thiocarbonyl (C=S) groups is 1. The third-order valence-corrected chi connectivity index (χ3v) is 3.03. The van der Waals surface area contributed by atoms with Crippen molar-refractivity contribution in [3.8, 4) is 0 Å². The van der Waals surface area contributed by atoms with E-state index in [2.05, 4.69) is 31.2 Å². The van der Waals surface area contributed by atoms with Crippen LogP contribution in [0.3, 0.4) is 0 Å². The Morgan fingerprint density at radius 1 is 1.33 bits per heavy atom. The van der Waals surface area contributed by atoms with Crippen LogP contribution in [0.5, 0.6) is 0 Å². The van der Waals surface area contributed by atoms with E-state index in [1.54, 1.807) is 6.20 Å². The van der Waals surface area contributed by atoms with E-state index < -0.39 is 0 Å². The van der Waals surface area contributed by atoms with Crippen molar-refractivity contribution in [3.05, 3.63) is 46.3 Å². The van der Waals surface area contributed by atoms with Crippen LogP contribution in [-0.4, -0.2) is 15.0 Å². The monoisotopic (exact) mass is 322 g/mol. The predicted octanol–water partition coefficient (Wildman–Crippen LogP) is 2.93. The number of nitrogens with two attached hydrogens (primary N) is 1. The van der Waals surface area contributed by atoms with E-state index in [1.165, 1.54) is 0 Å². The highest BCUT2D eigenvalue weighted by molar-refractivity contribution is 9.10. The maximum Gasteiger partial charge on any atom is 0.144 e. The molecule has 0 amide bonds. The van der Waals surface area contributed by atoms with Crippen LogP contribution in [0, 0.1) is 6.92 Å². The normalized spacial score (nSPS) is 10.1. The van der Waals surface area contributed by atoms with Gasteiger partial charge in [0.25, 0.3) is 0 Å². The lowest BCUT2D eigenvalue weighted by molar-refractivity contribution is 1.05. The van der Waals surface area contributed by atoms with E-state index in [0.29, 0.717) is 17.2 Å². The summed E-state index contributed by atoms with van der Waals surface area (Å²) in [6, 6.07) is 7.75. The molecule has 3 N–H and O–H groups in total. The van der Waals surface area contributed by atoms with Crippen molar-refractivity contribution < 1.29 is 0 Å². The van der Waals surface area contributed by atoms with Crippen molar-refractivity contribution in [2.75, 3.05) is 5.32 Å². The molecule has 0 atom stereocenters. The van der Waals surface area contributed by atoms with Crippen LogP contribution >= 0.6 is 28.1 Å². The topological polar surface area (TPSA) is 63.8 Å². The number of hydrogen-bond donors (Lipinski definition) is 2. The standard InChI is InChI=1S/C12H11BrN4S/c1-7-15-6-10(11(14)18)12(16-7)17-9-4-2-8(13)3-5-9/h2-6H,1H3,(H2,14,18)(H,15,16,17). The summed E-state index contributed by atoms with van der Waals surface area (Å²) in [6.07, 6.45) is 1.63. The lowest BCUT2D eigenvalue weighted by Crippen LogP contribution is -2.14. The van der Waals surface area contributed by atoms with Gasteiger partial charge in [0, 0.05) is 16.4 Å². The molecule has 0 saturated heterocycles. The minimum absolute atomic E-state index is 0.273. The second-order valence-corrected chi connectivity index (χ2v) is 5.03. The van der Waals surface area contributed by atoms with Gasteiger partial charge in [0.2, 0.25) is 0 Å². The van der Waals surface area contributed by atoms with Crippen LogP contribution in [0.1, 0.15) is 11.4 Å². The van der Waals surface area contributed by atoms with Gasteiger partial charge in [-0.05, 0) is 31.2 Å². The average Bonchev–Trinajstić information content (AvgIpc) is 2.32. The van der Waals surface area contributed by atoms with E-state index in [9.17, 15) is 0 Å². The third-order valence-electron chi connectivity index (χ3n) is 2.28. The first kappa shape index (κ1) is 12.9. The molecule has 92 valence electrons. The molecule has 2 rings (SSSR count). The minimum Gasteiger partial charge on any atom is -0.389 e. The lowest BCUT2D eigenvalue weighted by atomic mass is 10.2. The first-order valence-corrected chi connectivity index (χ1v) is 6.42. The van der Waals surface area contributed by atoms with Crippen LogP contribution in [0.2, 0.25) is 0 Å². The highest BCUT2D eigenvalue weighted by Gasteiger charge is 2.08. The third kappa shape index (κ3) is 3.02. The number of nitrogens with one attached hydrogen (secondary N) is 1. The second kappa shape index (κ2) is 5.41. The molecule has 0 spiro atoms. The molecule has 0 fully saturated rings. The van der Waals surface area contributed by atoms with Gasteiger partial charge in [-0.15, -0.1) is 0 Å². The van der Waals surface area contributed by atoms with Gasteiger partial charge in [-0.3, -0.25) is 0 Å². The van der Waals surface area contributed by atoms with Crippen molar-refractivity contribution in [1.82, 2.24) is 9.97 Å². The van der Waals surface area contributed by atoms with E-state index in [0.717, 1.165) is 10.2 Å². The molecule has 1 aromatic carbocycles. The molecule has 0 aliphatic rings. The van der Waals surface area contributed by atoms with E-state index in [-0.39, 0.29) is 4.99 Å². The quantitative estimate of drug-likeness (QED) is 0.851. The number of halogens is 1. The number of benzene rings is 1. The Hall–Kier alpha value is -1.53. The Bertz CT molecular complexity index is 583. The van der Waals surface area contributed by atoms with Crippen LogP contribution in [0.25, 0.3) is 0 Å². The van der Waals surface area contributed by atoms with Crippen molar-refractivity contribution in [3.63, 3.8) is 0 Å². The Labute approximate surface area is 119 Å². The van der Waals surface area contributed by atoms with Gasteiger partial charge in [-0.25, -0.2) is 9.97 Å². The summed E-state index contributed by atoms with van der Waals surface area (Å²) >= 11 is 8.37. The number of aromatic nitrogens is 2. The molecule has 2 aromatic rings. The van der Waals surface area contributed by atoms with Crippen molar-refractivity contribution in [2.24, 2.45) is 5.73 Å². The van der Waals surface area contributed by atoms with Crippen LogP contribution in [0.4, 0.5) is 11.5 Å². The molecule has 0 unspecified atom stereocenters. The summed E-state index contributed by atoms with van der Waals surface area (Å²) < 4.78 is 1.02. The number of rotatable bonds is 3. The molecule has 0 bridgehead atoms. The first-order valence-electron chi connectivity index (χ1n) is 5.22. The van der Waals surface area contributed by atoms with Crippen molar-refractivity contribution >= 4 is 44.6 Å². The molecular weight excluding hydrogens is 312 g/mol. The van der Waals surface area contributed by atoms with Gasteiger partial charge in [-0.2, -0.15) is 0 Å². The van der Waals surface area contributed by atoms with Gasteiger partial charge in [-0.1, -0.05) is 28.1 Å². The molecule has 0 radical (unpaired) electrons. The Balaban J connectivity index is 2.35. The molecule has 1 heterocycles. The highest BCUT2D eigenvalue weighted by atomic mass is 79.9. The summed E-state index contributed by atoms with van der Waals surface area (Å²) in [6.45, 7) is 1.82. The number of nitrogens with zero attached hydrogens (tertiary/aromatic N) is 2. The number of hydrogen-bond acceptors (Lipinski definition) is 4. The SMILES string of the molecule is Cc1ncc(C(N)=S)c(Nc2ccc(Br)cc2)n1. The molecule has 0 aliphatic heterocycles. The predicted molar refractivity (Wildman–Crippen MR) is 80.1 cm³/mol. The fourth-order valence-electron chi connectivity index (χ4n) is 1.42. The Morgan fingerprint density at radius 2 is 2.00 bits per heavy atom. The van der Waals surface area contributed by atoms with Crippen LogP contribution in [-0.2, 0) is 0 Å². The summed E-state index contributed by atoms with van der Waals surface area (Å²) in [5.41, 5.74) is 7.19. The van der Waals surface area contributed by atoms with Crippen molar-refractivity contribution in [1.29, 1.82) is 0 Å². The van der Waals surface area contributed by atoms with Gasteiger partial charge in [0.05, 0.1) is 5.56 Å². The van der Waals surface area contributed by atoms with Crippen molar-refractivity contribution in [2.45, 2.75) is 6.92 Å². The fraction of sp³-hybridized carbons (Fsp3) is 0.0833. The zero-order valence-corrected chi connectivity index (χ0v) is 12.0. The molecule has 6 heteroatoms. The minimum atomic E-state index is 0.273. The first-order chi connectivity index (χ1) is 8.56. The largest absolute Gasteiger partial charge is 0.389 e. The zero-order valence-electron chi connectivity index (χ0n) is 9.64. The smallest absolute Gasteiger partial charge is 0.144 e. The average molecular weight is 323 g/mol. The Kier molecular flexibility index (Phi) is 3.88. The Morgan fingerprint density at radius 3 is 2.61 bits per heavy atom.